The third-order valence-corrected chi connectivity index (χ3v) is 4.99. The minimum atomic E-state index is -3.85. The van der Waals surface area contributed by atoms with Gasteiger partial charge in [-0.2, -0.15) is 4.31 Å². The first-order chi connectivity index (χ1) is 8.43. The third-order valence-electron chi connectivity index (χ3n) is 2.75. The van der Waals surface area contributed by atoms with E-state index in [1.54, 1.807) is 0 Å². The van der Waals surface area contributed by atoms with E-state index in [0.29, 0.717) is 13.2 Å². The molecule has 0 saturated carbocycles. The summed E-state index contributed by atoms with van der Waals surface area (Å²) >= 11 is 0. The molecule has 1 N–H and O–H groups in total. The molecule has 1 atom stereocenters. The molecule has 3 amide bonds. The zero-order valence-electron chi connectivity index (χ0n) is 9.75. The molecule has 0 aromatic rings. The molecule has 2 rings (SSSR count). The molecular weight excluding hydrogens is 262 g/mol. The summed E-state index contributed by atoms with van der Waals surface area (Å²) in [7, 11) is -3.85. The fourth-order valence-electron chi connectivity index (χ4n) is 1.91. The van der Waals surface area contributed by atoms with E-state index in [2.05, 4.69) is 4.99 Å². The maximum absolute atomic E-state index is 12.3. The molecule has 2 aliphatic rings. The highest BCUT2D eigenvalue weighted by atomic mass is 32.2. The summed E-state index contributed by atoms with van der Waals surface area (Å²) in [4.78, 5) is 26.1. The Morgan fingerprint density at radius 2 is 1.94 bits per heavy atom. The number of rotatable bonds is 2. The molecule has 1 unspecified atom stereocenters. The summed E-state index contributed by atoms with van der Waals surface area (Å²) in [5, 5.41) is 0.480. The predicted octanol–water partition coefficient (Wildman–Crippen LogP) is -1.27. The molecule has 9 heteroatoms. The number of hydrogen-bond acceptors (Lipinski definition) is 5. The van der Waals surface area contributed by atoms with Gasteiger partial charge in [0.2, 0.25) is 10.0 Å². The first-order valence-electron chi connectivity index (χ1n) is 5.39. The summed E-state index contributed by atoms with van der Waals surface area (Å²) in [6, 6.07) is -0.828. The van der Waals surface area contributed by atoms with E-state index in [1.165, 1.54) is 11.2 Å². The lowest BCUT2D eigenvalue weighted by Gasteiger charge is -2.30. The van der Waals surface area contributed by atoms with E-state index in [4.69, 9.17) is 4.74 Å². The number of carbonyl (C=O) groups is 2. The van der Waals surface area contributed by atoms with Crippen LogP contribution in [-0.2, 0) is 19.6 Å². The van der Waals surface area contributed by atoms with Crippen molar-refractivity contribution in [2.75, 3.05) is 26.3 Å². The first kappa shape index (κ1) is 13.1. The van der Waals surface area contributed by atoms with Gasteiger partial charge in [0.1, 0.15) is 0 Å². The fraction of sp³-hybridized carbons (Fsp3) is 0.667. The molecule has 0 spiro atoms. The second-order valence-corrected chi connectivity index (χ2v) is 6.00. The van der Waals surface area contributed by atoms with Crippen LogP contribution in [0, 0.1) is 0 Å². The van der Waals surface area contributed by atoms with Crippen LogP contribution in [0.1, 0.15) is 6.92 Å². The van der Waals surface area contributed by atoms with Gasteiger partial charge in [-0.3, -0.25) is 10.1 Å². The largest absolute Gasteiger partial charge is 0.379 e. The highest BCUT2D eigenvalue weighted by Crippen LogP contribution is 2.15. The van der Waals surface area contributed by atoms with Gasteiger partial charge < -0.3 is 4.74 Å². The van der Waals surface area contributed by atoms with Crippen molar-refractivity contribution < 1.29 is 22.7 Å². The van der Waals surface area contributed by atoms with Crippen LogP contribution in [0.3, 0.4) is 0 Å². The smallest absolute Gasteiger partial charge is 0.347 e. The number of carbonyl (C=O) groups excluding carboxylic acids is 2. The minimum Gasteiger partial charge on any atom is -0.379 e. The SMILES string of the molecule is CC1=NC(=O)NC(=O)C1S(=O)(=O)N1CCOCC1. The molecule has 100 valence electrons. The number of morpholine rings is 1. The van der Waals surface area contributed by atoms with E-state index in [0.717, 1.165) is 0 Å². The molecule has 18 heavy (non-hydrogen) atoms. The van der Waals surface area contributed by atoms with E-state index in [-0.39, 0.29) is 18.8 Å². The Bertz CT molecular complexity index is 506. The Hall–Kier alpha value is -1.32. The van der Waals surface area contributed by atoms with E-state index < -0.39 is 27.2 Å². The van der Waals surface area contributed by atoms with Gasteiger partial charge in [-0.05, 0) is 6.92 Å². The summed E-state index contributed by atoms with van der Waals surface area (Å²) < 4.78 is 30.8. The van der Waals surface area contributed by atoms with Crippen LogP contribution in [0.25, 0.3) is 0 Å². The van der Waals surface area contributed by atoms with Gasteiger partial charge >= 0.3 is 6.03 Å². The molecule has 0 aliphatic carbocycles. The van der Waals surface area contributed by atoms with Crippen molar-refractivity contribution in [1.82, 2.24) is 9.62 Å². The number of amides is 3. The lowest BCUT2D eigenvalue weighted by molar-refractivity contribution is -0.118. The maximum atomic E-state index is 12.3. The van der Waals surface area contributed by atoms with Gasteiger partial charge in [-0.25, -0.2) is 18.2 Å². The second-order valence-electron chi connectivity index (χ2n) is 3.98. The number of imide groups is 1. The number of urea groups is 1. The zero-order valence-corrected chi connectivity index (χ0v) is 10.6. The number of ether oxygens (including phenoxy) is 1. The van der Waals surface area contributed by atoms with Crippen molar-refractivity contribution in [2.45, 2.75) is 12.2 Å². The molecular formula is C9H13N3O5S. The number of nitrogens with one attached hydrogen (secondary N) is 1. The number of aliphatic imine (C=N–C) groups is 1. The molecule has 2 heterocycles. The van der Waals surface area contributed by atoms with E-state index in [1.807, 2.05) is 5.32 Å². The Morgan fingerprint density at radius 1 is 1.33 bits per heavy atom. The fourth-order valence-corrected chi connectivity index (χ4v) is 3.68. The maximum Gasteiger partial charge on any atom is 0.347 e. The quantitative estimate of drug-likeness (QED) is 0.676. The van der Waals surface area contributed by atoms with Crippen molar-refractivity contribution >= 4 is 27.7 Å². The van der Waals surface area contributed by atoms with Gasteiger partial charge in [0, 0.05) is 18.8 Å². The van der Waals surface area contributed by atoms with Crippen LogP contribution in [0.15, 0.2) is 4.99 Å². The highest BCUT2D eigenvalue weighted by molar-refractivity contribution is 7.91. The Morgan fingerprint density at radius 3 is 2.50 bits per heavy atom. The Labute approximate surface area is 104 Å². The number of sulfonamides is 1. The third kappa shape index (κ3) is 2.28. The van der Waals surface area contributed by atoms with Crippen molar-refractivity contribution in [3.05, 3.63) is 0 Å². The van der Waals surface area contributed by atoms with Crippen LogP contribution >= 0.6 is 0 Å². The standard InChI is InChI=1S/C9H13N3O5S/c1-6-7(8(13)11-9(14)10-6)18(15,16)12-2-4-17-5-3-12/h7H,2-5H2,1H3,(H,11,13,14). The van der Waals surface area contributed by atoms with Gasteiger partial charge in [0.25, 0.3) is 5.91 Å². The van der Waals surface area contributed by atoms with Crippen LogP contribution in [0.5, 0.6) is 0 Å². The summed E-state index contributed by atoms with van der Waals surface area (Å²) in [6.07, 6.45) is 0. The van der Waals surface area contributed by atoms with E-state index in [9.17, 15) is 18.0 Å². The average Bonchev–Trinajstić information content (AvgIpc) is 2.28. The van der Waals surface area contributed by atoms with Crippen LogP contribution in [-0.4, -0.2) is 61.9 Å². The number of hydrogen-bond donors (Lipinski definition) is 1. The lowest BCUT2D eigenvalue weighted by Crippen LogP contribution is -2.55. The Kier molecular flexibility index (Phi) is 3.46. The molecule has 1 fully saturated rings. The molecule has 0 radical (unpaired) electrons. The molecule has 0 bridgehead atoms. The van der Waals surface area contributed by atoms with Crippen LogP contribution < -0.4 is 5.32 Å². The molecule has 8 nitrogen and oxygen atoms in total. The highest BCUT2D eigenvalue weighted by Gasteiger charge is 2.43. The lowest BCUT2D eigenvalue weighted by atomic mass is 10.2. The van der Waals surface area contributed by atoms with E-state index >= 15 is 0 Å². The monoisotopic (exact) mass is 275 g/mol. The van der Waals surface area contributed by atoms with Crippen LogP contribution in [0.2, 0.25) is 0 Å². The predicted molar refractivity (Wildman–Crippen MR) is 61.7 cm³/mol. The summed E-state index contributed by atoms with van der Waals surface area (Å²) in [5.41, 5.74) is -0.00441. The summed E-state index contributed by atoms with van der Waals surface area (Å²) in [6.45, 7) is 2.35. The van der Waals surface area contributed by atoms with Crippen molar-refractivity contribution in [2.24, 2.45) is 4.99 Å². The Balaban J connectivity index is 2.31. The first-order valence-corrected chi connectivity index (χ1v) is 6.90. The topological polar surface area (TPSA) is 105 Å². The van der Waals surface area contributed by atoms with Gasteiger partial charge in [0.05, 0.1) is 13.2 Å². The average molecular weight is 275 g/mol. The zero-order chi connectivity index (χ0) is 13.3. The molecule has 0 aromatic carbocycles. The van der Waals surface area contributed by atoms with Gasteiger partial charge in [0.15, 0.2) is 5.25 Å². The molecule has 0 aromatic heterocycles. The normalized spacial score (nSPS) is 26.7. The molecule has 1 saturated heterocycles. The van der Waals surface area contributed by atoms with Crippen molar-refractivity contribution in [3.8, 4) is 0 Å². The van der Waals surface area contributed by atoms with Gasteiger partial charge in [-0.15, -0.1) is 0 Å². The summed E-state index contributed by atoms with van der Waals surface area (Å²) in [5.74, 6) is -0.848. The number of nitrogens with zero attached hydrogens (tertiary/aromatic N) is 2. The van der Waals surface area contributed by atoms with Crippen molar-refractivity contribution in [1.29, 1.82) is 0 Å². The molecule has 2 aliphatic heterocycles. The van der Waals surface area contributed by atoms with Crippen molar-refractivity contribution in [3.63, 3.8) is 0 Å². The van der Waals surface area contributed by atoms with Crippen LogP contribution in [0.4, 0.5) is 4.79 Å². The minimum absolute atomic E-state index is 0.00441. The van der Waals surface area contributed by atoms with Gasteiger partial charge in [-0.1, -0.05) is 0 Å². The second kappa shape index (κ2) is 4.75.